The molecule has 3 aliphatic rings. The summed E-state index contributed by atoms with van der Waals surface area (Å²) >= 11 is 0. The van der Waals surface area contributed by atoms with Gasteiger partial charge in [-0.2, -0.15) is 0 Å². The predicted molar refractivity (Wildman–Crippen MR) is 192 cm³/mol. The van der Waals surface area contributed by atoms with E-state index in [1.165, 1.54) is 56.1 Å². The number of hydrogen-bond donors (Lipinski definition) is 0. The maximum absolute atomic E-state index is 5.13. The molecular weight excluding hydrogens is 520 g/mol. The summed E-state index contributed by atoms with van der Waals surface area (Å²) < 4.78 is 0. The topological polar surface area (TPSA) is 24.7 Å². The second-order valence-corrected chi connectivity index (χ2v) is 12.7. The fraction of sp³-hybridized carbons (Fsp3) is 0.415. The molecule has 3 rings (SSSR count). The molecule has 0 radical (unpaired) electrons. The zero-order valence-electron chi connectivity index (χ0n) is 27.6. The first-order chi connectivity index (χ1) is 20.6. The summed E-state index contributed by atoms with van der Waals surface area (Å²) in [5.74, 6) is 2.20. The lowest BCUT2D eigenvalue weighted by Gasteiger charge is -2.30. The molecule has 2 atom stereocenters. The van der Waals surface area contributed by atoms with Gasteiger partial charge < -0.3 is 0 Å². The molecule has 2 nitrogen and oxygen atoms in total. The molecule has 1 aliphatic heterocycles. The zero-order chi connectivity index (χ0) is 31.5. The third-order valence-electron chi connectivity index (χ3n) is 9.38. The van der Waals surface area contributed by atoms with Gasteiger partial charge in [0.25, 0.3) is 0 Å². The van der Waals surface area contributed by atoms with Crippen LogP contribution in [0.1, 0.15) is 85.5 Å². The molecule has 0 bridgehead atoms. The highest BCUT2D eigenvalue weighted by Gasteiger charge is 2.27. The number of hydrogen-bond acceptors (Lipinski definition) is 2. The minimum atomic E-state index is 0.561. The molecule has 0 aromatic heterocycles. The van der Waals surface area contributed by atoms with Gasteiger partial charge in [0.2, 0.25) is 0 Å². The van der Waals surface area contributed by atoms with Crippen molar-refractivity contribution in [1.29, 1.82) is 0 Å². The van der Waals surface area contributed by atoms with Crippen molar-refractivity contribution in [3.8, 4) is 0 Å². The van der Waals surface area contributed by atoms with Crippen molar-refractivity contribution >= 4 is 11.4 Å². The van der Waals surface area contributed by atoms with Gasteiger partial charge in [-0.3, -0.25) is 9.98 Å². The summed E-state index contributed by atoms with van der Waals surface area (Å²) in [6.45, 7) is 29.5. The molecule has 228 valence electrons. The molecule has 1 heterocycles. The van der Waals surface area contributed by atoms with Crippen molar-refractivity contribution in [3.05, 3.63) is 132 Å². The Balaban J connectivity index is 1.86. The minimum absolute atomic E-state index is 0.561. The first kappa shape index (κ1) is 34.0. The van der Waals surface area contributed by atoms with Gasteiger partial charge in [0, 0.05) is 19.2 Å². The van der Waals surface area contributed by atoms with Crippen molar-refractivity contribution in [3.63, 3.8) is 0 Å². The Morgan fingerprint density at radius 3 is 2.40 bits per heavy atom. The zero-order valence-corrected chi connectivity index (χ0v) is 27.6. The minimum Gasteiger partial charge on any atom is -0.286 e. The molecule has 0 N–H and O–H groups in total. The van der Waals surface area contributed by atoms with E-state index in [9.17, 15) is 0 Å². The Hall–Kier alpha value is -3.52. The van der Waals surface area contributed by atoms with Gasteiger partial charge >= 0.3 is 0 Å². The average molecular weight is 575 g/mol. The standard InChI is InChI=1S/C41H54N2/c1-11-29(5)16-17-31(7)39(28(3)4)27-40(42-10)41-25-33(9)32(8)24-38(43-41)23-22-35(12-2)36-19-18-30(6)37(21-20-36)26-34-14-13-15-34/h11-12,16-17,22-23,25,27,34,36-37H,1,3,6,8-9,13-15,18-21,24,26H2,2,4-5,7,10H3/b23-22-,29-16-,31-17-,35-12+,39-27-,42-40+. The molecule has 2 unspecified atom stereocenters. The molecule has 43 heavy (non-hydrogen) atoms. The lowest BCUT2D eigenvalue weighted by atomic mass is 9.76. The molecule has 2 fully saturated rings. The van der Waals surface area contributed by atoms with Gasteiger partial charge in [-0.05, 0) is 124 Å². The van der Waals surface area contributed by atoms with Gasteiger partial charge in [0.1, 0.15) is 0 Å². The van der Waals surface area contributed by atoms with Crippen molar-refractivity contribution in [2.75, 3.05) is 7.05 Å². The fourth-order valence-electron chi connectivity index (χ4n) is 6.15. The van der Waals surface area contributed by atoms with Crippen LogP contribution in [0.2, 0.25) is 0 Å². The molecule has 0 amide bonds. The molecule has 2 aliphatic carbocycles. The van der Waals surface area contributed by atoms with E-state index in [1.807, 2.05) is 33.0 Å². The monoisotopic (exact) mass is 574 g/mol. The summed E-state index contributed by atoms with van der Waals surface area (Å²) in [5.41, 5.74) is 11.5. The third-order valence-corrected chi connectivity index (χ3v) is 9.38. The number of allylic oxidation sites excluding steroid dienone is 16. The Bertz CT molecular complexity index is 1370. The second kappa shape index (κ2) is 16.4. The third kappa shape index (κ3) is 9.75. The Morgan fingerprint density at radius 1 is 1.05 bits per heavy atom. The Kier molecular flexibility index (Phi) is 12.9. The van der Waals surface area contributed by atoms with Crippen LogP contribution in [-0.4, -0.2) is 18.5 Å². The molecule has 0 aromatic carbocycles. The lowest BCUT2D eigenvalue weighted by Crippen LogP contribution is -2.16. The van der Waals surface area contributed by atoms with Gasteiger partial charge in [-0.15, -0.1) is 0 Å². The van der Waals surface area contributed by atoms with E-state index < -0.39 is 0 Å². The first-order valence-electron chi connectivity index (χ1n) is 16.1. The summed E-state index contributed by atoms with van der Waals surface area (Å²) in [5, 5.41) is 0. The molecule has 2 heteroatoms. The summed E-state index contributed by atoms with van der Waals surface area (Å²) in [6, 6.07) is 0. The van der Waals surface area contributed by atoms with Crippen LogP contribution in [0, 0.1) is 17.8 Å². The molecule has 0 saturated heterocycles. The lowest BCUT2D eigenvalue weighted by molar-refractivity contribution is 0.256. The molecular formula is C41H54N2. The van der Waals surface area contributed by atoms with E-state index in [1.54, 1.807) is 0 Å². The number of nitrogens with zero attached hydrogens (tertiary/aromatic N) is 2. The first-order valence-corrected chi connectivity index (χ1v) is 16.1. The van der Waals surface area contributed by atoms with Crippen LogP contribution >= 0.6 is 0 Å². The summed E-state index contributed by atoms with van der Waals surface area (Å²) in [4.78, 5) is 9.78. The normalized spacial score (nSPS) is 23.9. The van der Waals surface area contributed by atoms with Crippen LogP contribution in [0.25, 0.3) is 0 Å². The largest absolute Gasteiger partial charge is 0.286 e. The van der Waals surface area contributed by atoms with Gasteiger partial charge in [0.05, 0.1) is 11.4 Å². The van der Waals surface area contributed by atoms with Crippen LogP contribution in [0.3, 0.4) is 0 Å². The number of aliphatic imine (C=N–C) groups is 2. The van der Waals surface area contributed by atoms with Crippen LogP contribution < -0.4 is 0 Å². The Morgan fingerprint density at radius 2 is 1.79 bits per heavy atom. The Labute approximate surface area is 263 Å². The van der Waals surface area contributed by atoms with Crippen molar-refractivity contribution in [2.45, 2.75) is 85.5 Å². The maximum atomic E-state index is 5.13. The van der Waals surface area contributed by atoms with Crippen molar-refractivity contribution in [2.24, 2.45) is 27.7 Å². The van der Waals surface area contributed by atoms with E-state index in [-0.39, 0.29) is 0 Å². The molecule has 2 saturated carbocycles. The quantitative estimate of drug-likeness (QED) is 0.101. The average Bonchev–Trinajstić information content (AvgIpc) is 3.22. The smallest absolute Gasteiger partial charge is 0.0891 e. The highest BCUT2D eigenvalue weighted by molar-refractivity contribution is 6.12. The van der Waals surface area contributed by atoms with Crippen molar-refractivity contribution in [1.82, 2.24) is 0 Å². The van der Waals surface area contributed by atoms with E-state index in [4.69, 9.17) is 4.99 Å². The molecule has 0 spiro atoms. The highest BCUT2D eigenvalue weighted by Crippen LogP contribution is 2.41. The summed E-state index contributed by atoms with van der Waals surface area (Å²) in [7, 11) is 1.81. The maximum Gasteiger partial charge on any atom is 0.0891 e. The van der Waals surface area contributed by atoms with E-state index in [0.717, 1.165) is 62.9 Å². The fourth-order valence-corrected chi connectivity index (χ4v) is 6.15. The highest BCUT2D eigenvalue weighted by atomic mass is 14.8. The van der Waals surface area contributed by atoms with E-state index in [2.05, 4.69) is 88.2 Å². The van der Waals surface area contributed by atoms with E-state index >= 15 is 0 Å². The SMILES string of the molecule is C=C\C(C)=C/C=C(C)\C(=C/C(=N\C)C1=CC(=C)C(=C)CC(/C=C\C(=C/C)C2CCC(=C)C(CC3CCC3)CC2)=N1)C(=C)C. The van der Waals surface area contributed by atoms with Gasteiger partial charge in [-0.25, -0.2) is 0 Å². The van der Waals surface area contributed by atoms with Crippen LogP contribution in [0.5, 0.6) is 0 Å². The van der Waals surface area contributed by atoms with Crippen LogP contribution in [0.15, 0.2) is 142 Å². The summed E-state index contributed by atoms with van der Waals surface area (Å²) in [6.07, 6.45) is 28.0. The van der Waals surface area contributed by atoms with E-state index in [0.29, 0.717) is 18.3 Å². The van der Waals surface area contributed by atoms with Crippen molar-refractivity contribution < 1.29 is 0 Å². The van der Waals surface area contributed by atoms with Crippen LogP contribution in [-0.2, 0) is 0 Å². The van der Waals surface area contributed by atoms with Gasteiger partial charge in [-0.1, -0.05) is 99.3 Å². The molecule has 0 aromatic rings. The predicted octanol–water partition coefficient (Wildman–Crippen LogP) is 11.5. The van der Waals surface area contributed by atoms with Gasteiger partial charge in [0.15, 0.2) is 0 Å². The van der Waals surface area contributed by atoms with Crippen LogP contribution in [0.4, 0.5) is 0 Å². The number of rotatable bonds is 11. The second-order valence-electron chi connectivity index (χ2n) is 12.7.